The Morgan fingerprint density at radius 2 is 2.11 bits per heavy atom. The number of nitrogens with one attached hydrogen (secondary N) is 1. The first kappa shape index (κ1) is 18.0. The summed E-state index contributed by atoms with van der Waals surface area (Å²) in [7, 11) is 1.69. The summed E-state index contributed by atoms with van der Waals surface area (Å²) < 4.78 is 15.2. The Morgan fingerprint density at radius 3 is 2.68 bits per heavy atom. The van der Waals surface area contributed by atoms with E-state index < -0.39 is 12.1 Å². The summed E-state index contributed by atoms with van der Waals surface area (Å²) in [4.78, 5) is 19.9. The summed E-state index contributed by atoms with van der Waals surface area (Å²) in [6, 6.07) is 9.23. The van der Waals surface area contributed by atoms with Gasteiger partial charge in [0.2, 0.25) is 0 Å². The van der Waals surface area contributed by atoms with Gasteiger partial charge in [-0.25, -0.2) is 9.37 Å². The lowest BCUT2D eigenvalue weighted by atomic mass is 9.65. The van der Waals surface area contributed by atoms with Crippen LogP contribution in [-0.2, 0) is 12.5 Å². The zero-order valence-electron chi connectivity index (χ0n) is 15.3. The molecule has 1 fully saturated rings. The fourth-order valence-corrected chi connectivity index (χ4v) is 3.55. The maximum absolute atomic E-state index is 13.6. The monoisotopic (exact) mass is 381 g/mol. The summed E-state index contributed by atoms with van der Waals surface area (Å²) in [5.74, 6) is 0.126. The van der Waals surface area contributed by atoms with Gasteiger partial charge in [0.15, 0.2) is 5.82 Å². The number of imidazole rings is 1. The van der Waals surface area contributed by atoms with E-state index in [9.17, 15) is 9.18 Å². The number of carbonyl (C=O) groups is 1. The van der Waals surface area contributed by atoms with Gasteiger partial charge in [0.25, 0.3) is 5.91 Å². The molecule has 0 radical (unpaired) electrons. The van der Waals surface area contributed by atoms with E-state index in [1.54, 1.807) is 36.1 Å². The molecule has 0 spiro atoms. The number of nitrogens with two attached hydrogens (primary N) is 1. The number of primary amides is 1. The smallest absolute Gasteiger partial charge is 0.284 e. The molecule has 1 aliphatic rings. The van der Waals surface area contributed by atoms with E-state index in [0.29, 0.717) is 36.6 Å². The van der Waals surface area contributed by atoms with Gasteiger partial charge in [0.1, 0.15) is 23.4 Å². The van der Waals surface area contributed by atoms with Crippen molar-refractivity contribution in [3.63, 3.8) is 0 Å². The van der Waals surface area contributed by atoms with Gasteiger partial charge in [-0.1, -0.05) is 6.07 Å². The molecule has 0 saturated heterocycles. The van der Waals surface area contributed by atoms with Crippen molar-refractivity contribution < 1.29 is 9.18 Å². The van der Waals surface area contributed by atoms with Crippen molar-refractivity contribution in [1.29, 1.82) is 0 Å². The third-order valence-electron chi connectivity index (χ3n) is 5.06. The molecule has 0 aromatic carbocycles. The summed E-state index contributed by atoms with van der Waals surface area (Å²) in [6.45, 7) is 0.522. The van der Waals surface area contributed by atoms with Gasteiger partial charge in [-0.3, -0.25) is 9.78 Å². The minimum atomic E-state index is -0.805. The fraction of sp³-hybridized carbons (Fsp3) is 0.316. The first-order chi connectivity index (χ1) is 13.5. The lowest BCUT2D eigenvalue weighted by Crippen LogP contribution is -2.48. The Hall–Kier alpha value is -3.36. The second-order valence-corrected chi connectivity index (χ2v) is 7.08. The number of pyridine rings is 1. The minimum Gasteiger partial charge on any atom is -0.368 e. The molecule has 144 valence electrons. The highest BCUT2D eigenvalue weighted by atomic mass is 19.1. The van der Waals surface area contributed by atoms with Crippen LogP contribution < -0.4 is 11.1 Å². The predicted molar refractivity (Wildman–Crippen MR) is 101 cm³/mol. The quantitative estimate of drug-likeness (QED) is 0.674. The number of anilines is 1. The van der Waals surface area contributed by atoms with Gasteiger partial charge in [-0.15, -0.1) is 10.2 Å². The molecule has 8 nitrogen and oxygen atoms in total. The summed E-state index contributed by atoms with van der Waals surface area (Å²) >= 11 is 0. The molecule has 0 atom stereocenters. The Bertz CT molecular complexity index is 981. The zero-order valence-corrected chi connectivity index (χ0v) is 15.3. The van der Waals surface area contributed by atoms with Gasteiger partial charge in [-0.05, 0) is 37.1 Å². The topological polar surface area (TPSA) is 112 Å². The SMILES string of the molecule is Cn1cc(-c2ccc(NCC3(c4ccccn4)CC(F)C3)nn2)nc1C(N)=O. The number of alkyl halides is 1. The second kappa shape index (κ2) is 6.99. The fourth-order valence-electron chi connectivity index (χ4n) is 3.55. The number of hydrogen-bond donors (Lipinski definition) is 2. The molecule has 1 amide bonds. The van der Waals surface area contributed by atoms with Crippen LogP contribution in [0.15, 0.2) is 42.7 Å². The van der Waals surface area contributed by atoms with E-state index in [1.165, 1.54) is 0 Å². The normalized spacial score (nSPS) is 21.1. The van der Waals surface area contributed by atoms with Crippen LogP contribution in [0.2, 0.25) is 0 Å². The van der Waals surface area contributed by atoms with Crippen molar-refractivity contribution in [2.45, 2.75) is 24.4 Å². The molecule has 1 saturated carbocycles. The molecule has 4 rings (SSSR count). The van der Waals surface area contributed by atoms with Crippen molar-refractivity contribution in [2.75, 3.05) is 11.9 Å². The van der Waals surface area contributed by atoms with Crippen LogP contribution in [0, 0.1) is 0 Å². The molecule has 28 heavy (non-hydrogen) atoms. The van der Waals surface area contributed by atoms with Gasteiger partial charge in [-0.2, -0.15) is 0 Å². The molecule has 9 heteroatoms. The molecule has 3 N–H and O–H groups in total. The third kappa shape index (κ3) is 3.30. The maximum Gasteiger partial charge on any atom is 0.284 e. The average Bonchev–Trinajstić information content (AvgIpc) is 3.07. The van der Waals surface area contributed by atoms with Gasteiger partial charge < -0.3 is 15.6 Å². The third-order valence-corrected chi connectivity index (χ3v) is 5.06. The van der Waals surface area contributed by atoms with Crippen LogP contribution in [0.5, 0.6) is 0 Å². The lowest BCUT2D eigenvalue weighted by Gasteiger charge is -2.43. The molecule has 3 aromatic heterocycles. The standard InChI is InChI=1S/C19H20FN7O/c1-27-10-14(24-18(27)17(21)28)13-5-6-16(26-25-13)23-11-19(8-12(20)9-19)15-4-2-3-7-22-15/h2-7,10,12H,8-9,11H2,1H3,(H2,21,28)(H,23,26). The van der Waals surface area contributed by atoms with Crippen LogP contribution in [0.4, 0.5) is 10.2 Å². The number of amides is 1. The Balaban J connectivity index is 1.47. The first-order valence-electron chi connectivity index (χ1n) is 8.94. The summed E-state index contributed by atoms with van der Waals surface area (Å²) in [5, 5.41) is 11.6. The van der Waals surface area contributed by atoms with Gasteiger partial charge >= 0.3 is 0 Å². The lowest BCUT2D eigenvalue weighted by molar-refractivity contribution is 0.0985. The highest BCUT2D eigenvalue weighted by Gasteiger charge is 2.46. The molecule has 3 aromatic rings. The first-order valence-corrected chi connectivity index (χ1v) is 8.94. The van der Waals surface area contributed by atoms with Crippen LogP contribution in [0.25, 0.3) is 11.4 Å². The van der Waals surface area contributed by atoms with E-state index in [2.05, 4.69) is 25.5 Å². The Kier molecular flexibility index (Phi) is 4.50. The molecular weight excluding hydrogens is 361 g/mol. The number of nitrogens with zero attached hydrogens (tertiary/aromatic N) is 5. The van der Waals surface area contributed by atoms with Crippen molar-refractivity contribution in [2.24, 2.45) is 12.8 Å². The minimum absolute atomic E-state index is 0.155. The Labute approximate surface area is 161 Å². The number of rotatable bonds is 6. The van der Waals surface area contributed by atoms with Crippen molar-refractivity contribution >= 4 is 11.7 Å². The van der Waals surface area contributed by atoms with Crippen LogP contribution >= 0.6 is 0 Å². The molecule has 0 aliphatic heterocycles. The second-order valence-electron chi connectivity index (χ2n) is 7.08. The van der Waals surface area contributed by atoms with Gasteiger partial charge in [0, 0.05) is 37.1 Å². The molecule has 0 bridgehead atoms. The van der Waals surface area contributed by atoms with Gasteiger partial charge in [0.05, 0.1) is 0 Å². The van der Waals surface area contributed by atoms with Crippen LogP contribution in [0.3, 0.4) is 0 Å². The van der Waals surface area contributed by atoms with Crippen molar-refractivity contribution in [1.82, 2.24) is 24.7 Å². The van der Waals surface area contributed by atoms with Crippen molar-refractivity contribution in [3.8, 4) is 11.4 Å². The van der Waals surface area contributed by atoms with Crippen LogP contribution in [0.1, 0.15) is 29.2 Å². The Morgan fingerprint density at radius 1 is 1.29 bits per heavy atom. The van der Waals surface area contributed by atoms with E-state index in [1.807, 2.05) is 18.2 Å². The number of hydrogen-bond acceptors (Lipinski definition) is 6. The number of aromatic nitrogens is 5. The number of carbonyl (C=O) groups excluding carboxylic acids is 1. The highest BCUT2D eigenvalue weighted by Crippen LogP contribution is 2.44. The molecule has 1 aliphatic carbocycles. The number of aryl methyl sites for hydroxylation is 1. The average molecular weight is 381 g/mol. The van der Waals surface area contributed by atoms with E-state index >= 15 is 0 Å². The zero-order chi connectivity index (χ0) is 19.7. The van der Waals surface area contributed by atoms with E-state index in [4.69, 9.17) is 5.73 Å². The number of halogens is 1. The maximum atomic E-state index is 13.6. The molecule has 0 unspecified atom stereocenters. The summed E-state index contributed by atoms with van der Waals surface area (Å²) in [6.07, 6.45) is 3.47. The van der Waals surface area contributed by atoms with Crippen molar-refractivity contribution in [3.05, 3.63) is 54.2 Å². The van der Waals surface area contributed by atoms with Crippen LogP contribution in [-0.4, -0.2) is 43.4 Å². The van der Waals surface area contributed by atoms with E-state index in [0.717, 1.165) is 5.69 Å². The molecular formula is C19H20FN7O. The predicted octanol–water partition coefficient (Wildman–Crippen LogP) is 1.85. The molecule has 3 heterocycles. The summed E-state index contributed by atoms with van der Waals surface area (Å²) in [5.41, 5.74) is 6.88. The largest absolute Gasteiger partial charge is 0.368 e. The highest BCUT2D eigenvalue weighted by molar-refractivity contribution is 5.89. The van der Waals surface area contributed by atoms with E-state index in [-0.39, 0.29) is 11.2 Å².